The molecule has 1 aliphatic heterocycles. The Morgan fingerprint density at radius 2 is 2.00 bits per heavy atom. The number of ketones is 1. The Kier molecular flexibility index (Phi) is 5.48. The fraction of sp³-hybridized carbons (Fsp3) is 0.273. The van der Waals surface area contributed by atoms with Crippen molar-refractivity contribution in [2.45, 2.75) is 25.3 Å². The first-order chi connectivity index (χ1) is 14.1. The number of nitrogens with zero attached hydrogens (tertiary/aromatic N) is 4. The summed E-state index contributed by atoms with van der Waals surface area (Å²) >= 11 is 0. The molecule has 1 fully saturated rings. The summed E-state index contributed by atoms with van der Waals surface area (Å²) in [6, 6.07) is 9.35. The third kappa shape index (κ3) is 4.25. The van der Waals surface area contributed by atoms with E-state index in [9.17, 15) is 4.79 Å². The molecule has 148 valence electrons. The quantitative estimate of drug-likeness (QED) is 0.646. The Hall–Kier alpha value is -3.32. The molecular weight excluding hydrogens is 364 g/mol. The number of pyridine rings is 3. The Bertz CT molecular complexity index is 1010. The number of anilines is 2. The maximum atomic E-state index is 13.1. The first kappa shape index (κ1) is 19.0. The van der Waals surface area contributed by atoms with E-state index in [1.165, 1.54) is 0 Å². The van der Waals surface area contributed by atoms with Gasteiger partial charge in [-0.15, -0.1) is 0 Å². The van der Waals surface area contributed by atoms with Crippen LogP contribution in [0.2, 0.25) is 0 Å². The van der Waals surface area contributed by atoms with Crippen molar-refractivity contribution in [2.24, 2.45) is 5.73 Å². The van der Waals surface area contributed by atoms with Gasteiger partial charge in [-0.2, -0.15) is 0 Å². The number of aromatic nitrogens is 3. The lowest BCUT2D eigenvalue weighted by Crippen LogP contribution is -2.43. The monoisotopic (exact) mass is 388 g/mol. The fourth-order valence-electron chi connectivity index (χ4n) is 3.72. The summed E-state index contributed by atoms with van der Waals surface area (Å²) in [4.78, 5) is 28.2. The molecule has 0 saturated carbocycles. The van der Waals surface area contributed by atoms with Gasteiger partial charge >= 0.3 is 0 Å². The van der Waals surface area contributed by atoms with Gasteiger partial charge in [0.25, 0.3) is 0 Å². The molecule has 1 atom stereocenters. The van der Waals surface area contributed by atoms with Crippen molar-refractivity contribution >= 4 is 17.2 Å². The van der Waals surface area contributed by atoms with Gasteiger partial charge in [0, 0.05) is 67.2 Å². The van der Waals surface area contributed by atoms with Gasteiger partial charge in [0.2, 0.25) is 0 Å². The molecule has 0 aromatic carbocycles. The Balaban J connectivity index is 1.61. The number of piperidine rings is 1. The van der Waals surface area contributed by atoms with Crippen molar-refractivity contribution < 1.29 is 4.79 Å². The highest BCUT2D eigenvalue weighted by molar-refractivity contribution is 6.01. The van der Waals surface area contributed by atoms with Crippen LogP contribution in [-0.2, 0) is 6.42 Å². The summed E-state index contributed by atoms with van der Waals surface area (Å²) < 4.78 is 0. The van der Waals surface area contributed by atoms with Crippen molar-refractivity contribution in [1.82, 2.24) is 15.0 Å². The smallest absolute Gasteiger partial charge is 0.187 e. The minimum absolute atomic E-state index is 0.135. The van der Waals surface area contributed by atoms with Crippen LogP contribution in [0.5, 0.6) is 0 Å². The van der Waals surface area contributed by atoms with Crippen molar-refractivity contribution in [2.75, 3.05) is 23.7 Å². The summed E-state index contributed by atoms with van der Waals surface area (Å²) in [6.45, 7) is 1.71. The summed E-state index contributed by atoms with van der Waals surface area (Å²) in [5.74, 6) is -0.135. The van der Waals surface area contributed by atoms with Crippen molar-refractivity contribution in [1.29, 1.82) is 0 Å². The van der Waals surface area contributed by atoms with Crippen LogP contribution in [0.25, 0.3) is 11.3 Å². The molecule has 1 saturated heterocycles. The fourth-order valence-corrected chi connectivity index (χ4v) is 3.72. The largest absolute Gasteiger partial charge is 0.397 e. The summed E-state index contributed by atoms with van der Waals surface area (Å²) in [5, 5.41) is 0. The van der Waals surface area contributed by atoms with E-state index in [0.717, 1.165) is 42.7 Å². The van der Waals surface area contributed by atoms with Gasteiger partial charge in [0.15, 0.2) is 5.78 Å². The molecule has 7 nitrogen and oxygen atoms in total. The zero-order chi connectivity index (χ0) is 20.2. The van der Waals surface area contributed by atoms with Gasteiger partial charge in [-0.3, -0.25) is 14.8 Å². The van der Waals surface area contributed by atoms with Crippen molar-refractivity contribution in [3.8, 4) is 11.3 Å². The normalized spacial score (nSPS) is 16.6. The molecule has 0 unspecified atom stereocenters. The van der Waals surface area contributed by atoms with Crippen LogP contribution in [0.15, 0.2) is 55.1 Å². The van der Waals surface area contributed by atoms with Crippen LogP contribution >= 0.6 is 0 Å². The van der Waals surface area contributed by atoms with Gasteiger partial charge < -0.3 is 16.4 Å². The van der Waals surface area contributed by atoms with Crippen LogP contribution < -0.4 is 16.4 Å². The van der Waals surface area contributed by atoms with E-state index in [2.05, 4.69) is 19.9 Å². The minimum Gasteiger partial charge on any atom is -0.397 e. The van der Waals surface area contributed by atoms with Crippen molar-refractivity contribution in [3.05, 3.63) is 66.4 Å². The van der Waals surface area contributed by atoms with Crippen LogP contribution in [-0.4, -0.2) is 39.9 Å². The molecule has 4 rings (SSSR count). The van der Waals surface area contributed by atoms with Crippen molar-refractivity contribution in [3.63, 3.8) is 0 Å². The number of carbonyl (C=O) groups is 1. The molecule has 0 radical (unpaired) electrons. The second-order valence-corrected chi connectivity index (χ2v) is 7.33. The number of nitrogen functional groups attached to an aromatic ring is 1. The molecule has 0 aliphatic carbocycles. The molecule has 29 heavy (non-hydrogen) atoms. The lowest BCUT2D eigenvalue weighted by molar-refractivity contribution is 0.0989. The average Bonchev–Trinajstić information content (AvgIpc) is 2.75. The van der Waals surface area contributed by atoms with E-state index < -0.39 is 0 Å². The summed E-state index contributed by atoms with van der Waals surface area (Å²) in [5.41, 5.74) is 16.2. The predicted molar refractivity (Wildman–Crippen MR) is 114 cm³/mol. The SMILES string of the molecule is Nc1ccc(-c2cccnc2)nc1C(=O)Cc1cnccc1N1CCC[C@H](N)C1. The standard InChI is InChI=1S/C22H24N6O/c23-17-4-2-10-28(14-17)20-7-9-26-13-16(20)11-21(29)22-18(24)5-6-19(27-22)15-3-1-8-25-12-15/h1,3,5-9,12-13,17H,2,4,10-11,14,23-24H2/t17-/m0/s1. The highest BCUT2D eigenvalue weighted by Gasteiger charge is 2.21. The molecule has 0 spiro atoms. The van der Waals surface area contributed by atoms with Gasteiger partial charge in [-0.05, 0) is 43.2 Å². The zero-order valence-electron chi connectivity index (χ0n) is 16.2. The molecule has 3 aromatic rings. The molecule has 4 N–H and O–H groups in total. The number of Topliss-reactive ketones (excluding diaryl/α,β-unsaturated/α-hetero) is 1. The van der Waals surface area contributed by atoms with E-state index in [1.54, 1.807) is 36.9 Å². The first-order valence-corrected chi connectivity index (χ1v) is 9.75. The Morgan fingerprint density at radius 3 is 2.79 bits per heavy atom. The maximum Gasteiger partial charge on any atom is 0.187 e. The topological polar surface area (TPSA) is 111 Å². The molecule has 0 amide bonds. The number of hydrogen-bond acceptors (Lipinski definition) is 7. The third-order valence-corrected chi connectivity index (χ3v) is 5.18. The van der Waals surface area contributed by atoms with Crippen LogP contribution in [0.3, 0.4) is 0 Å². The Labute approximate surface area is 169 Å². The highest BCUT2D eigenvalue weighted by atomic mass is 16.1. The molecule has 1 aliphatic rings. The summed E-state index contributed by atoms with van der Waals surface area (Å²) in [6.07, 6.45) is 9.15. The number of rotatable bonds is 5. The van der Waals surface area contributed by atoms with Crippen LogP contribution in [0.1, 0.15) is 28.9 Å². The second kappa shape index (κ2) is 8.36. The molecular formula is C22H24N6O. The molecule has 0 bridgehead atoms. The lowest BCUT2D eigenvalue weighted by atomic mass is 10.0. The van der Waals surface area contributed by atoms with E-state index in [0.29, 0.717) is 11.4 Å². The third-order valence-electron chi connectivity index (χ3n) is 5.18. The van der Waals surface area contributed by atoms with Gasteiger partial charge in [0.05, 0.1) is 11.4 Å². The first-order valence-electron chi connectivity index (χ1n) is 9.75. The second-order valence-electron chi connectivity index (χ2n) is 7.33. The lowest BCUT2D eigenvalue weighted by Gasteiger charge is -2.33. The predicted octanol–water partition coefficient (Wildman–Crippen LogP) is 2.47. The van der Waals surface area contributed by atoms with Gasteiger partial charge in [-0.1, -0.05) is 0 Å². The number of hydrogen-bond donors (Lipinski definition) is 2. The van der Waals surface area contributed by atoms with Crippen LogP contribution in [0, 0.1) is 0 Å². The molecule has 4 heterocycles. The van der Waals surface area contributed by atoms with E-state index >= 15 is 0 Å². The zero-order valence-corrected chi connectivity index (χ0v) is 16.2. The van der Waals surface area contributed by atoms with Crippen LogP contribution in [0.4, 0.5) is 11.4 Å². The Morgan fingerprint density at radius 1 is 1.14 bits per heavy atom. The minimum atomic E-state index is -0.135. The van der Waals surface area contributed by atoms with Gasteiger partial charge in [0.1, 0.15) is 5.69 Å². The van der Waals surface area contributed by atoms with E-state index in [-0.39, 0.29) is 23.9 Å². The number of carbonyl (C=O) groups excluding carboxylic acids is 1. The summed E-state index contributed by atoms with van der Waals surface area (Å²) in [7, 11) is 0. The average molecular weight is 388 g/mol. The molecule has 3 aromatic heterocycles. The van der Waals surface area contributed by atoms with E-state index in [1.807, 2.05) is 18.2 Å². The molecule has 7 heteroatoms. The van der Waals surface area contributed by atoms with E-state index in [4.69, 9.17) is 11.5 Å². The van der Waals surface area contributed by atoms with Gasteiger partial charge in [-0.25, -0.2) is 4.98 Å². The number of nitrogens with two attached hydrogens (primary N) is 2. The highest BCUT2D eigenvalue weighted by Crippen LogP contribution is 2.26. The maximum absolute atomic E-state index is 13.1.